The van der Waals surface area contributed by atoms with Crippen molar-refractivity contribution in [1.82, 2.24) is 15.5 Å². The van der Waals surface area contributed by atoms with E-state index < -0.39 is 0 Å². The number of likely N-dealkylation sites (N-methyl/N-ethyl adjacent to an activating group) is 1. The number of amides is 3. The van der Waals surface area contributed by atoms with Crippen molar-refractivity contribution in [3.05, 3.63) is 0 Å². The molecule has 2 aliphatic rings. The number of carbonyl (C=O) groups is 2. The molecular weight excluding hydrogens is 266 g/mol. The van der Waals surface area contributed by atoms with Crippen molar-refractivity contribution in [2.45, 2.75) is 76.3 Å². The van der Waals surface area contributed by atoms with E-state index in [4.69, 9.17) is 0 Å². The maximum atomic E-state index is 11.9. The largest absolute Gasteiger partial charge is 0.335 e. The molecule has 5 nitrogen and oxygen atoms in total. The quantitative estimate of drug-likeness (QED) is 0.837. The number of nitrogens with zero attached hydrogens (tertiary/aromatic N) is 1. The molecule has 0 aromatic carbocycles. The van der Waals surface area contributed by atoms with Gasteiger partial charge in [-0.2, -0.15) is 0 Å². The van der Waals surface area contributed by atoms with Gasteiger partial charge in [0.2, 0.25) is 5.91 Å². The number of hydrogen-bond acceptors (Lipinski definition) is 3. The molecule has 120 valence electrons. The summed E-state index contributed by atoms with van der Waals surface area (Å²) in [5.41, 5.74) is 0. The fourth-order valence-corrected chi connectivity index (χ4v) is 3.51. The van der Waals surface area contributed by atoms with Gasteiger partial charge in [0, 0.05) is 12.1 Å². The van der Waals surface area contributed by atoms with Crippen LogP contribution in [0.25, 0.3) is 0 Å². The van der Waals surface area contributed by atoms with Crippen molar-refractivity contribution >= 4 is 11.9 Å². The van der Waals surface area contributed by atoms with Crippen LogP contribution in [0.5, 0.6) is 0 Å². The summed E-state index contributed by atoms with van der Waals surface area (Å²) in [7, 11) is 1.98. The fourth-order valence-electron chi connectivity index (χ4n) is 3.51. The second-order valence-corrected chi connectivity index (χ2v) is 6.56. The minimum absolute atomic E-state index is 0.198. The number of urea groups is 1. The molecule has 5 heteroatoms. The van der Waals surface area contributed by atoms with E-state index in [-0.39, 0.29) is 18.0 Å². The van der Waals surface area contributed by atoms with Gasteiger partial charge in [-0.15, -0.1) is 0 Å². The Balaban J connectivity index is 1.66. The molecule has 2 fully saturated rings. The number of nitrogens with one attached hydrogen (secondary N) is 2. The molecule has 21 heavy (non-hydrogen) atoms. The molecule has 0 bridgehead atoms. The molecule has 0 spiro atoms. The first-order valence-electron chi connectivity index (χ1n) is 8.46. The first-order valence-corrected chi connectivity index (χ1v) is 8.46. The Labute approximate surface area is 127 Å². The van der Waals surface area contributed by atoms with E-state index in [1.165, 1.54) is 38.5 Å². The van der Waals surface area contributed by atoms with Crippen LogP contribution in [-0.2, 0) is 4.79 Å². The lowest BCUT2D eigenvalue weighted by Gasteiger charge is -2.30. The van der Waals surface area contributed by atoms with Crippen molar-refractivity contribution < 1.29 is 9.59 Å². The lowest BCUT2D eigenvalue weighted by atomic mass is 9.94. The van der Waals surface area contributed by atoms with Crippen LogP contribution in [0.3, 0.4) is 0 Å². The molecule has 2 N–H and O–H groups in total. The number of rotatable bonds is 4. The summed E-state index contributed by atoms with van der Waals surface area (Å²) in [5.74, 6) is -0.198. The summed E-state index contributed by atoms with van der Waals surface area (Å²) >= 11 is 0. The van der Waals surface area contributed by atoms with Gasteiger partial charge in [0.25, 0.3) is 0 Å². The number of imide groups is 1. The van der Waals surface area contributed by atoms with Crippen molar-refractivity contribution in [3.8, 4) is 0 Å². The third-order valence-electron chi connectivity index (χ3n) is 4.78. The van der Waals surface area contributed by atoms with Gasteiger partial charge in [0.05, 0.1) is 6.54 Å². The standard InChI is InChI=1S/C16H29N3O2/c1-19(14-10-6-3-7-11-14)12-15(20)18-16(21)17-13-8-4-2-5-9-13/h13-14H,2-12H2,1H3,(H2,17,18,20,21). The summed E-state index contributed by atoms with van der Waals surface area (Å²) < 4.78 is 0. The van der Waals surface area contributed by atoms with Crippen LogP contribution in [-0.4, -0.2) is 42.5 Å². The van der Waals surface area contributed by atoms with Crippen LogP contribution >= 0.6 is 0 Å². The SMILES string of the molecule is CN(CC(=O)NC(=O)NC1CCCCC1)C1CCCCC1. The Hall–Kier alpha value is -1.10. The van der Waals surface area contributed by atoms with Gasteiger partial charge >= 0.3 is 6.03 Å². The fraction of sp³-hybridized carbons (Fsp3) is 0.875. The van der Waals surface area contributed by atoms with Crippen LogP contribution in [0.1, 0.15) is 64.2 Å². The van der Waals surface area contributed by atoms with E-state index in [2.05, 4.69) is 15.5 Å². The summed E-state index contributed by atoms with van der Waals surface area (Å²) in [4.78, 5) is 25.8. The molecule has 2 rings (SSSR count). The first-order chi connectivity index (χ1) is 10.1. The molecule has 2 saturated carbocycles. The van der Waals surface area contributed by atoms with Crippen molar-refractivity contribution in [2.24, 2.45) is 0 Å². The van der Waals surface area contributed by atoms with Crippen molar-refractivity contribution in [1.29, 1.82) is 0 Å². The van der Waals surface area contributed by atoms with Gasteiger partial charge in [0.1, 0.15) is 0 Å². The van der Waals surface area contributed by atoms with E-state index in [1.807, 2.05) is 7.05 Å². The lowest BCUT2D eigenvalue weighted by molar-refractivity contribution is -0.121. The minimum atomic E-state index is -0.330. The summed E-state index contributed by atoms with van der Waals surface area (Å²) in [6.45, 7) is 0.308. The molecule has 3 amide bonds. The van der Waals surface area contributed by atoms with Crippen LogP contribution < -0.4 is 10.6 Å². The molecular formula is C16H29N3O2. The van der Waals surface area contributed by atoms with Gasteiger partial charge in [-0.3, -0.25) is 15.0 Å². The average molecular weight is 295 g/mol. The Morgan fingerprint density at radius 2 is 1.52 bits per heavy atom. The predicted molar refractivity (Wildman–Crippen MR) is 83.1 cm³/mol. The molecule has 0 atom stereocenters. The highest BCUT2D eigenvalue weighted by atomic mass is 16.2. The van der Waals surface area contributed by atoms with Crippen molar-refractivity contribution in [2.75, 3.05) is 13.6 Å². The van der Waals surface area contributed by atoms with Crippen LogP contribution in [0, 0.1) is 0 Å². The third-order valence-corrected chi connectivity index (χ3v) is 4.78. The highest BCUT2D eigenvalue weighted by molar-refractivity contribution is 5.95. The molecule has 0 aliphatic heterocycles. The van der Waals surface area contributed by atoms with Gasteiger partial charge in [0.15, 0.2) is 0 Å². The second-order valence-electron chi connectivity index (χ2n) is 6.56. The Kier molecular flexibility index (Phi) is 6.49. The molecule has 0 radical (unpaired) electrons. The maximum Gasteiger partial charge on any atom is 0.321 e. The molecule has 0 unspecified atom stereocenters. The third kappa shape index (κ3) is 5.65. The first kappa shape index (κ1) is 16.3. The zero-order chi connectivity index (χ0) is 15.1. The van der Waals surface area contributed by atoms with Crippen LogP contribution in [0.2, 0.25) is 0 Å². The smallest absolute Gasteiger partial charge is 0.321 e. The van der Waals surface area contributed by atoms with Crippen LogP contribution in [0.15, 0.2) is 0 Å². The summed E-state index contributed by atoms with van der Waals surface area (Å²) in [6, 6.07) is 0.400. The highest BCUT2D eigenvalue weighted by Crippen LogP contribution is 2.21. The zero-order valence-electron chi connectivity index (χ0n) is 13.2. The monoisotopic (exact) mass is 295 g/mol. The molecule has 0 aromatic rings. The Morgan fingerprint density at radius 3 is 2.14 bits per heavy atom. The van der Waals surface area contributed by atoms with E-state index >= 15 is 0 Å². The summed E-state index contributed by atoms with van der Waals surface area (Å²) in [6.07, 6.45) is 11.8. The van der Waals surface area contributed by atoms with Crippen molar-refractivity contribution in [3.63, 3.8) is 0 Å². The normalized spacial score (nSPS) is 21.2. The number of hydrogen-bond donors (Lipinski definition) is 2. The van der Waals surface area contributed by atoms with Gasteiger partial charge in [-0.1, -0.05) is 38.5 Å². The zero-order valence-corrected chi connectivity index (χ0v) is 13.2. The molecule has 0 heterocycles. The Morgan fingerprint density at radius 1 is 0.952 bits per heavy atom. The van der Waals surface area contributed by atoms with Gasteiger partial charge < -0.3 is 5.32 Å². The van der Waals surface area contributed by atoms with E-state index in [0.29, 0.717) is 12.6 Å². The predicted octanol–water partition coefficient (Wildman–Crippen LogP) is 2.41. The van der Waals surface area contributed by atoms with E-state index in [1.54, 1.807) is 0 Å². The molecule has 0 saturated heterocycles. The Bertz CT molecular complexity index is 347. The van der Waals surface area contributed by atoms with E-state index in [0.717, 1.165) is 25.7 Å². The minimum Gasteiger partial charge on any atom is -0.335 e. The average Bonchev–Trinajstić information content (AvgIpc) is 2.48. The summed E-state index contributed by atoms with van der Waals surface area (Å²) in [5, 5.41) is 5.38. The number of carbonyl (C=O) groups excluding carboxylic acids is 2. The topological polar surface area (TPSA) is 61.4 Å². The lowest BCUT2D eigenvalue weighted by Crippen LogP contribution is -2.48. The molecule has 0 aromatic heterocycles. The highest BCUT2D eigenvalue weighted by Gasteiger charge is 2.21. The molecule has 2 aliphatic carbocycles. The van der Waals surface area contributed by atoms with Crippen LogP contribution in [0.4, 0.5) is 4.79 Å². The van der Waals surface area contributed by atoms with Gasteiger partial charge in [-0.05, 0) is 32.7 Å². The second kappa shape index (κ2) is 8.37. The van der Waals surface area contributed by atoms with Gasteiger partial charge in [-0.25, -0.2) is 4.79 Å². The van der Waals surface area contributed by atoms with E-state index in [9.17, 15) is 9.59 Å². The maximum absolute atomic E-state index is 11.9.